The third-order valence-electron chi connectivity index (χ3n) is 8.46. The minimum Gasteiger partial charge on any atom is -0.477 e. The Kier molecular flexibility index (Phi) is 9.75. The van der Waals surface area contributed by atoms with E-state index in [-0.39, 0.29) is 33.7 Å². The van der Waals surface area contributed by atoms with Crippen LogP contribution in [0.5, 0.6) is 5.88 Å². The molecule has 3 aromatic heterocycles. The highest BCUT2D eigenvalue weighted by Crippen LogP contribution is 2.32. The highest BCUT2D eigenvalue weighted by Gasteiger charge is 2.31. The molecule has 1 N–H and O–H groups in total. The molecule has 0 amide bonds. The molecule has 0 aromatic carbocycles. The molecule has 0 spiro atoms. The Balaban J connectivity index is 1.55. The van der Waals surface area contributed by atoms with E-state index in [0.29, 0.717) is 70.7 Å². The first-order valence-electron chi connectivity index (χ1n) is 15.3. The lowest BCUT2D eigenvalue weighted by Gasteiger charge is -2.33. The van der Waals surface area contributed by atoms with Gasteiger partial charge in [-0.2, -0.15) is 9.40 Å². The van der Waals surface area contributed by atoms with Gasteiger partial charge in [0.15, 0.2) is 5.52 Å². The van der Waals surface area contributed by atoms with Gasteiger partial charge in [-0.1, -0.05) is 27.2 Å². The predicted molar refractivity (Wildman–Crippen MR) is 167 cm³/mol. The topological polar surface area (TPSA) is 164 Å². The maximum absolute atomic E-state index is 13.7. The molecule has 2 aliphatic heterocycles. The number of piperidine rings is 1. The Morgan fingerprint density at radius 1 is 0.977 bits per heavy atom. The summed E-state index contributed by atoms with van der Waals surface area (Å²) in [7, 11) is -7.13. The second-order valence-electron chi connectivity index (χ2n) is 11.3. The van der Waals surface area contributed by atoms with Crippen molar-refractivity contribution in [2.24, 2.45) is 0 Å². The minimum absolute atomic E-state index is 0.00656. The maximum Gasteiger partial charge on any atom is 0.279 e. The molecule has 0 saturated carbocycles. The average molecular weight is 651 g/mol. The number of fused-ring (bicyclic) bond motifs is 1. The van der Waals surface area contributed by atoms with E-state index in [2.05, 4.69) is 26.9 Å². The highest BCUT2D eigenvalue weighted by atomic mass is 32.2. The van der Waals surface area contributed by atoms with Gasteiger partial charge >= 0.3 is 0 Å². The van der Waals surface area contributed by atoms with E-state index < -0.39 is 25.6 Å². The number of nitrogens with one attached hydrogen (secondary N) is 1. The molecule has 0 atom stereocenters. The molecule has 0 bridgehead atoms. The second kappa shape index (κ2) is 13.2. The molecule has 0 radical (unpaired) electrons. The van der Waals surface area contributed by atoms with Crippen molar-refractivity contribution < 1.29 is 21.6 Å². The summed E-state index contributed by atoms with van der Waals surface area (Å²) in [4.78, 5) is 27.6. The fraction of sp³-hybridized carbons (Fsp3) is 0.643. The Labute approximate surface area is 258 Å². The second-order valence-corrected chi connectivity index (χ2v) is 15.2. The standard InChI is InChI=1S/C28H42N8O6S2/c1-5-8-17-42-28-22(18-21(19-29-28)44(40,41)35-15-13-33(7-3)14-16-35)26-30-24-23(6-2)36(32-25(24)27(37)31-26)20-9-11-34(12-10-20)43(4,38)39/h18-20H,5-17H2,1-4H3,(H,30,31,37). The summed E-state index contributed by atoms with van der Waals surface area (Å²) in [5.74, 6) is 0.338. The van der Waals surface area contributed by atoms with Crippen LogP contribution in [0.15, 0.2) is 22.0 Å². The van der Waals surface area contributed by atoms with Crippen LogP contribution in [0.4, 0.5) is 0 Å². The molecule has 44 heavy (non-hydrogen) atoms. The van der Waals surface area contributed by atoms with Gasteiger partial charge in [-0.15, -0.1) is 0 Å². The van der Waals surface area contributed by atoms with Crippen molar-refractivity contribution >= 4 is 31.1 Å². The summed E-state index contributed by atoms with van der Waals surface area (Å²) in [5, 5.41) is 4.63. The third-order valence-corrected chi connectivity index (χ3v) is 11.6. The summed E-state index contributed by atoms with van der Waals surface area (Å²) < 4.78 is 62.0. The van der Waals surface area contributed by atoms with Crippen LogP contribution in [0.2, 0.25) is 0 Å². The number of unbranched alkanes of at least 4 members (excludes halogenated alkanes) is 1. The smallest absolute Gasteiger partial charge is 0.279 e. The molecule has 2 fully saturated rings. The van der Waals surface area contributed by atoms with Gasteiger partial charge in [-0.3, -0.25) is 9.48 Å². The van der Waals surface area contributed by atoms with Crippen LogP contribution >= 0.6 is 0 Å². The zero-order valence-corrected chi connectivity index (χ0v) is 27.5. The number of piperazine rings is 1. The number of pyridine rings is 1. The lowest BCUT2D eigenvalue weighted by molar-refractivity contribution is 0.196. The number of likely N-dealkylation sites (N-methyl/N-ethyl adjacent to an activating group) is 1. The molecule has 0 aliphatic carbocycles. The zero-order valence-electron chi connectivity index (χ0n) is 25.8. The van der Waals surface area contributed by atoms with Crippen molar-refractivity contribution in [1.82, 2.24) is 38.2 Å². The molecule has 5 heterocycles. The number of aryl methyl sites for hydroxylation is 1. The number of H-pyrrole nitrogens is 1. The third kappa shape index (κ3) is 6.54. The van der Waals surface area contributed by atoms with Gasteiger partial charge in [0.2, 0.25) is 25.9 Å². The van der Waals surface area contributed by atoms with Crippen LogP contribution in [0.25, 0.3) is 22.4 Å². The van der Waals surface area contributed by atoms with Crippen LogP contribution in [-0.4, -0.2) is 114 Å². The van der Waals surface area contributed by atoms with Gasteiger partial charge in [0.1, 0.15) is 16.2 Å². The lowest BCUT2D eigenvalue weighted by atomic mass is 10.1. The molecule has 14 nitrogen and oxygen atoms in total. The lowest BCUT2D eigenvalue weighted by Crippen LogP contribution is -2.48. The zero-order chi connectivity index (χ0) is 31.6. The summed E-state index contributed by atoms with van der Waals surface area (Å²) in [6.07, 6.45) is 5.84. The molecule has 3 aromatic rings. The molecular formula is C28H42N8O6S2. The molecule has 2 saturated heterocycles. The normalized spacial score (nSPS) is 18.3. The molecule has 16 heteroatoms. The number of hydrogen-bond acceptors (Lipinski definition) is 10. The van der Waals surface area contributed by atoms with Gasteiger partial charge in [-0.05, 0) is 38.3 Å². The minimum atomic E-state index is -3.85. The van der Waals surface area contributed by atoms with E-state index in [4.69, 9.17) is 9.72 Å². The molecule has 242 valence electrons. The Hall–Kier alpha value is -2.92. The SMILES string of the molecule is CCCCOc1ncc(S(=O)(=O)N2CCN(CC)CC2)cc1-c1nc2c(CC)n(C3CCN(S(C)(=O)=O)CC3)nc2c(=O)[nH]1. The van der Waals surface area contributed by atoms with Crippen LogP contribution in [0.1, 0.15) is 58.2 Å². The fourth-order valence-corrected chi connectivity index (χ4v) is 8.09. The maximum atomic E-state index is 13.7. The Morgan fingerprint density at radius 3 is 2.30 bits per heavy atom. The number of hydrogen-bond donors (Lipinski definition) is 1. The van der Waals surface area contributed by atoms with Crippen LogP contribution in [0, 0.1) is 0 Å². The summed E-state index contributed by atoms with van der Waals surface area (Å²) in [5.41, 5.74) is 1.17. The Morgan fingerprint density at radius 2 is 1.68 bits per heavy atom. The first kappa shape index (κ1) is 32.5. The number of rotatable bonds is 11. The first-order valence-corrected chi connectivity index (χ1v) is 18.6. The van der Waals surface area contributed by atoms with E-state index in [1.165, 1.54) is 27.1 Å². The van der Waals surface area contributed by atoms with Crippen LogP contribution < -0.4 is 10.3 Å². The summed E-state index contributed by atoms with van der Waals surface area (Å²) in [6.45, 7) is 10.1. The Bertz CT molecular complexity index is 1760. The van der Waals surface area contributed by atoms with E-state index in [1.54, 1.807) is 0 Å². The van der Waals surface area contributed by atoms with Crippen molar-refractivity contribution in [2.75, 3.05) is 58.7 Å². The largest absolute Gasteiger partial charge is 0.477 e. The summed E-state index contributed by atoms with van der Waals surface area (Å²) >= 11 is 0. The summed E-state index contributed by atoms with van der Waals surface area (Å²) in [6, 6.07) is 1.40. The quantitative estimate of drug-likeness (QED) is 0.303. The predicted octanol–water partition coefficient (Wildman–Crippen LogP) is 1.85. The first-order chi connectivity index (χ1) is 21.0. The number of sulfonamides is 2. The molecule has 5 rings (SSSR count). The van der Waals surface area contributed by atoms with Gasteiger partial charge in [-0.25, -0.2) is 31.1 Å². The van der Waals surface area contributed by atoms with Gasteiger partial charge in [0.05, 0.1) is 36.4 Å². The van der Waals surface area contributed by atoms with Crippen molar-refractivity contribution in [3.05, 3.63) is 28.3 Å². The molecule has 0 unspecified atom stereocenters. The monoisotopic (exact) mass is 650 g/mol. The van der Waals surface area contributed by atoms with Gasteiger partial charge < -0.3 is 14.6 Å². The van der Waals surface area contributed by atoms with Crippen molar-refractivity contribution in [2.45, 2.75) is 63.8 Å². The van der Waals surface area contributed by atoms with E-state index in [9.17, 15) is 21.6 Å². The number of aromatic nitrogens is 5. The van der Waals surface area contributed by atoms with Crippen LogP contribution in [0.3, 0.4) is 0 Å². The van der Waals surface area contributed by atoms with Crippen molar-refractivity contribution in [1.29, 1.82) is 0 Å². The van der Waals surface area contributed by atoms with Crippen LogP contribution in [-0.2, 0) is 26.5 Å². The molecule has 2 aliphatic rings. The van der Waals surface area contributed by atoms with Crippen molar-refractivity contribution in [3.8, 4) is 17.3 Å². The number of ether oxygens (including phenoxy) is 1. The number of aromatic amines is 1. The van der Waals surface area contributed by atoms with E-state index in [1.807, 2.05) is 18.5 Å². The van der Waals surface area contributed by atoms with Crippen molar-refractivity contribution in [3.63, 3.8) is 0 Å². The van der Waals surface area contributed by atoms with E-state index >= 15 is 0 Å². The highest BCUT2D eigenvalue weighted by molar-refractivity contribution is 7.89. The number of nitrogens with zero attached hydrogens (tertiary/aromatic N) is 7. The van der Waals surface area contributed by atoms with Gasteiger partial charge in [0.25, 0.3) is 5.56 Å². The van der Waals surface area contributed by atoms with E-state index in [0.717, 1.165) is 25.1 Å². The average Bonchev–Trinajstić information content (AvgIpc) is 3.40. The molecular weight excluding hydrogens is 608 g/mol. The fourth-order valence-electron chi connectivity index (χ4n) is 5.82. The van der Waals surface area contributed by atoms with Gasteiger partial charge in [0, 0.05) is 39.3 Å².